The van der Waals surface area contributed by atoms with E-state index < -0.39 is 0 Å². The molecule has 0 aliphatic carbocycles. The summed E-state index contributed by atoms with van der Waals surface area (Å²) in [5, 5.41) is 12.9. The summed E-state index contributed by atoms with van der Waals surface area (Å²) in [5.74, 6) is 0. The second kappa shape index (κ2) is 7.08. The fourth-order valence-electron chi connectivity index (χ4n) is 2.13. The standard InChI is InChI=1S/C17H22N2O/c1-19(2)16-10-8-14(9-11-16)12-18-17(13-20)15-6-4-3-5-7-15/h3-11,17-18,20H,12-13H2,1-2H3/t17-/m0/s1. The van der Waals surface area contributed by atoms with E-state index in [9.17, 15) is 5.11 Å². The molecule has 20 heavy (non-hydrogen) atoms. The summed E-state index contributed by atoms with van der Waals surface area (Å²) in [4.78, 5) is 2.08. The van der Waals surface area contributed by atoms with Gasteiger partial charge in [-0.25, -0.2) is 0 Å². The molecule has 0 saturated carbocycles. The molecule has 2 N–H and O–H groups in total. The molecule has 0 saturated heterocycles. The first-order valence-corrected chi connectivity index (χ1v) is 6.86. The third-order valence-electron chi connectivity index (χ3n) is 3.39. The van der Waals surface area contributed by atoms with Crippen LogP contribution in [0.15, 0.2) is 54.6 Å². The van der Waals surface area contributed by atoms with E-state index in [-0.39, 0.29) is 12.6 Å². The number of nitrogens with zero attached hydrogens (tertiary/aromatic N) is 1. The molecule has 0 spiro atoms. The number of rotatable bonds is 6. The number of anilines is 1. The first-order valence-electron chi connectivity index (χ1n) is 6.86. The van der Waals surface area contributed by atoms with E-state index in [0.29, 0.717) is 0 Å². The minimum absolute atomic E-state index is 0.0234. The SMILES string of the molecule is CN(C)c1ccc(CN[C@@H](CO)c2ccccc2)cc1. The summed E-state index contributed by atoms with van der Waals surface area (Å²) in [7, 11) is 4.06. The molecule has 0 aliphatic rings. The summed E-state index contributed by atoms with van der Waals surface area (Å²) >= 11 is 0. The minimum atomic E-state index is -0.0234. The lowest BCUT2D eigenvalue weighted by Gasteiger charge is -2.17. The molecule has 0 radical (unpaired) electrons. The van der Waals surface area contributed by atoms with Crippen LogP contribution in [0, 0.1) is 0 Å². The highest BCUT2D eigenvalue weighted by Crippen LogP contribution is 2.15. The molecular weight excluding hydrogens is 248 g/mol. The first-order chi connectivity index (χ1) is 9.70. The Morgan fingerprint density at radius 1 is 1.00 bits per heavy atom. The number of aliphatic hydroxyl groups is 1. The summed E-state index contributed by atoms with van der Waals surface area (Å²) < 4.78 is 0. The molecular formula is C17H22N2O. The molecule has 3 nitrogen and oxygen atoms in total. The predicted molar refractivity (Wildman–Crippen MR) is 83.9 cm³/mol. The van der Waals surface area contributed by atoms with Gasteiger partial charge in [-0.05, 0) is 23.3 Å². The molecule has 0 bridgehead atoms. The van der Waals surface area contributed by atoms with Gasteiger partial charge in [-0.2, -0.15) is 0 Å². The summed E-state index contributed by atoms with van der Waals surface area (Å²) in [6.45, 7) is 0.841. The number of nitrogens with one attached hydrogen (secondary N) is 1. The van der Waals surface area contributed by atoms with Crippen LogP contribution < -0.4 is 10.2 Å². The van der Waals surface area contributed by atoms with Crippen LogP contribution >= 0.6 is 0 Å². The average molecular weight is 270 g/mol. The van der Waals surface area contributed by atoms with E-state index in [4.69, 9.17) is 0 Å². The van der Waals surface area contributed by atoms with E-state index in [1.54, 1.807) is 0 Å². The molecule has 0 amide bonds. The quantitative estimate of drug-likeness (QED) is 0.847. The molecule has 2 rings (SSSR count). The molecule has 0 aromatic heterocycles. The van der Waals surface area contributed by atoms with Crippen LogP contribution in [0.25, 0.3) is 0 Å². The topological polar surface area (TPSA) is 35.5 Å². The van der Waals surface area contributed by atoms with Crippen molar-refractivity contribution in [2.45, 2.75) is 12.6 Å². The summed E-state index contributed by atoms with van der Waals surface area (Å²) in [5.41, 5.74) is 3.51. The molecule has 0 unspecified atom stereocenters. The van der Waals surface area contributed by atoms with Gasteiger partial charge in [0.15, 0.2) is 0 Å². The van der Waals surface area contributed by atoms with Crippen molar-refractivity contribution >= 4 is 5.69 Å². The monoisotopic (exact) mass is 270 g/mol. The molecule has 3 heteroatoms. The van der Waals surface area contributed by atoms with Crippen molar-refractivity contribution in [2.75, 3.05) is 25.6 Å². The maximum absolute atomic E-state index is 9.51. The van der Waals surface area contributed by atoms with Crippen molar-refractivity contribution in [2.24, 2.45) is 0 Å². The Balaban J connectivity index is 1.96. The van der Waals surface area contributed by atoms with Gasteiger partial charge in [-0.15, -0.1) is 0 Å². The van der Waals surface area contributed by atoms with Crippen molar-refractivity contribution in [3.05, 3.63) is 65.7 Å². The Morgan fingerprint density at radius 2 is 1.65 bits per heavy atom. The largest absolute Gasteiger partial charge is 0.394 e. The highest BCUT2D eigenvalue weighted by Gasteiger charge is 2.08. The van der Waals surface area contributed by atoms with Gasteiger partial charge >= 0.3 is 0 Å². The van der Waals surface area contributed by atoms with Crippen molar-refractivity contribution in [3.63, 3.8) is 0 Å². The number of benzene rings is 2. The fraction of sp³-hybridized carbons (Fsp3) is 0.294. The zero-order valence-electron chi connectivity index (χ0n) is 12.1. The Hall–Kier alpha value is -1.84. The first kappa shape index (κ1) is 14.6. The maximum atomic E-state index is 9.51. The van der Waals surface area contributed by atoms with Crippen LogP contribution in [-0.2, 0) is 6.54 Å². The number of aliphatic hydroxyl groups excluding tert-OH is 1. The van der Waals surface area contributed by atoms with Gasteiger partial charge in [0.25, 0.3) is 0 Å². The Kier molecular flexibility index (Phi) is 5.16. The second-order valence-corrected chi connectivity index (χ2v) is 5.09. The van der Waals surface area contributed by atoms with Crippen LogP contribution in [0.2, 0.25) is 0 Å². The van der Waals surface area contributed by atoms with Gasteiger partial charge in [0.1, 0.15) is 0 Å². The Bertz CT molecular complexity index is 508. The van der Waals surface area contributed by atoms with Gasteiger partial charge < -0.3 is 15.3 Å². The van der Waals surface area contributed by atoms with Crippen molar-refractivity contribution < 1.29 is 5.11 Å². The zero-order valence-corrected chi connectivity index (χ0v) is 12.1. The van der Waals surface area contributed by atoms with Gasteiger partial charge in [0.05, 0.1) is 12.6 Å². The second-order valence-electron chi connectivity index (χ2n) is 5.09. The van der Waals surface area contributed by atoms with E-state index in [2.05, 4.69) is 34.5 Å². The average Bonchev–Trinajstić information content (AvgIpc) is 2.49. The van der Waals surface area contributed by atoms with Gasteiger partial charge in [-0.1, -0.05) is 42.5 Å². The predicted octanol–water partition coefficient (Wildman–Crippen LogP) is 2.58. The lowest BCUT2D eigenvalue weighted by molar-refractivity contribution is 0.243. The highest BCUT2D eigenvalue weighted by atomic mass is 16.3. The van der Waals surface area contributed by atoms with Gasteiger partial charge in [0, 0.05) is 26.3 Å². The highest BCUT2D eigenvalue weighted by molar-refractivity contribution is 5.45. The molecule has 0 heterocycles. The molecule has 0 fully saturated rings. The zero-order chi connectivity index (χ0) is 14.4. The van der Waals surface area contributed by atoms with E-state index in [0.717, 1.165) is 12.1 Å². The lowest BCUT2D eigenvalue weighted by atomic mass is 10.1. The Labute approximate surface area is 120 Å². The molecule has 106 valence electrons. The fourth-order valence-corrected chi connectivity index (χ4v) is 2.13. The summed E-state index contributed by atoms with van der Waals surface area (Å²) in [6, 6.07) is 18.4. The van der Waals surface area contributed by atoms with Crippen LogP contribution in [0.5, 0.6) is 0 Å². The lowest BCUT2D eigenvalue weighted by Crippen LogP contribution is -2.23. The van der Waals surface area contributed by atoms with Gasteiger partial charge in [0.2, 0.25) is 0 Å². The molecule has 1 atom stereocenters. The van der Waals surface area contributed by atoms with E-state index in [1.165, 1.54) is 11.3 Å². The van der Waals surface area contributed by atoms with Crippen LogP contribution in [0.1, 0.15) is 17.2 Å². The number of hydrogen-bond donors (Lipinski definition) is 2. The smallest absolute Gasteiger partial charge is 0.0626 e. The van der Waals surface area contributed by atoms with E-state index in [1.807, 2.05) is 44.4 Å². The van der Waals surface area contributed by atoms with Crippen LogP contribution in [0.3, 0.4) is 0 Å². The summed E-state index contributed by atoms with van der Waals surface area (Å²) in [6.07, 6.45) is 0. The maximum Gasteiger partial charge on any atom is 0.0626 e. The molecule has 0 aliphatic heterocycles. The van der Waals surface area contributed by atoms with Crippen molar-refractivity contribution in [1.29, 1.82) is 0 Å². The van der Waals surface area contributed by atoms with Crippen LogP contribution in [0.4, 0.5) is 5.69 Å². The third-order valence-corrected chi connectivity index (χ3v) is 3.39. The van der Waals surface area contributed by atoms with Crippen LogP contribution in [-0.4, -0.2) is 25.8 Å². The number of hydrogen-bond acceptors (Lipinski definition) is 3. The van der Waals surface area contributed by atoms with Gasteiger partial charge in [-0.3, -0.25) is 0 Å². The molecule has 2 aromatic carbocycles. The Morgan fingerprint density at radius 3 is 2.20 bits per heavy atom. The normalized spacial score (nSPS) is 12.2. The van der Waals surface area contributed by atoms with Crippen molar-refractivity contribution in [1.82, 2.24) is 5.32 Å². The molecule has 2 aromatic rings. The minimum Gasteiger partial charge on any atom is -0.394 e. The third kappa shape index (κ3) is 3.83. The van der Waals surface area contributed by atoms with E-state index >= 15 is 0 Å². The van der Waals surface area contributed by atoms with Crippen molar-refractivity contribution in [3.8, 4) is 0 Å².